The molecular formula is C19H22F3O6PS. The zero-order chi connectivity index (χ0) is 22.4. The quantitative estimate of drug-likeness (QED) is 0.332. The summed E-state index contributed by atoms with van der Waals surface area (Å²) in [5.74, 6) is -3.48. The number of carbonyl (C=O) groups is 1. The van der Waals surface area contributed by atoms with Crippen LogP contribution in [0.15, 0.2) is 47.2 Å². The van der Waals surface area contributed by atoms with Crippen molar-refractivity contribution in [2.24, 2.45) is 0 Å². The van der Waals surface area contributed by atoms with E-state index in [-0.39, 0.29) is 18.8 Å². The second-order valence-electron chi connectivity index (χ2n) is 5.94. The van der Waals surface area contributed by atoms with E-state index in [1.807, 2.05) is 0 Å². The predicted octanol–water partition coefficient (Wildman–Crippen LogP) is 5.66. The van der Waals surface area contributed by atoms with Gasteiger partial charge in [0.2, 0.25) is 5.85 Å². The zero-order valence-electron chi connectivity index (χ0n) is 16.5. The molecule has 0 saturated carbocycles. The molecule has 1 aromatic carbocycles. The number of carbonyl (C=O) groups excluding carboxylic acids is 1. The lowest BCUT2D eigenvalue weighted by Crippen LogP contribution is -2.52. The number of ether oxygens (including phenoxy) is 2. The molecule has 0 bridgehead atoms. The van der Waals surface area contributed by atoms with Crippen LogP contribution in [0.4, 0.5) is 13.2 Å². The van der Waals surface area contributed by atoms with E-state index in [2.05, 4.69) is 0 Å². The van der Waals surface area contributed by atoms with Gasteiger partial charge in [0, 0.05) is 18.2 Å². The lowest BCUT2D eigenvalue weighted by molar-refractivity contribution is -0.277. The fourth-order valence-corrected chi connectivity index (χ4v) is 5.42. The Morgan fingerprint density at radius 1 is 1.10 bits per heavy atom. The van der Waals surface area contributed by atoms with E-state index < -0.39 is 36.8 Å². The van der Waals surface area contributed by atoms with Crippen LogP contribution >= 0.6 is 18.9 Å². The lowest BCUT2D eigenvalue weighted by Gasteiger charge is -2.34. The Labute approximate surface area is 176 Å². The highest BCUT2D eigenvalue weighted by molar-refractivity contribution is 7.54. The minimum absolute atomic E-state index is 0.0666. The van der Waals surface area contributed by atoms with Gasteiger partial charge in [0.25, 0.3) is 5.60 Å². The Kier molecular flexibility index (Phi) is 8.24. The summed E-state index contributed by atoms with van der Waals surface area (Å²) in [5.41, 5.74) is -3.71. The molecule has 0 unspecified atom stereocenters. The minimum Gasteiger partial charge on any atom is -0.442 e. The minimum atomic E-state index is -5.17. The molecule has 0 fully saturated rings. The number of thiophene rings is 1. The molecule has 11 heteroatoms. The average molecular weight is 466 g/mol. The molecule has 0 radical (unpaired) electrons. The normalized spacial score (nSPS) is 15.4. The molecule has 2 aromatic rings. The van der Waals surface area contributed by atoms with Crippen LogP contribution in [-0.4, -0.2) is 32.5 Å². The highest BCUT2D eigenvalue weighted by Gasteiger charge is 2.65. The molecule has 0 spiro atoms. The topological polar surface area (TPSA) is 71.1 Å². The summed E-state index contributed by atoms with van der Waals surface area (Å²) in [6, 6.07) is 7.84. The van der Waals surface area contributed by atoms with Gasteiger partial charge in [0.05, 0.1) is 13.2 Å². The number of methoxy groups -OCH3 is 1. The maximum atomic E-state index is 14.1. The molecule has 0 N–H and O–H groups in total. The van der Waals surface area contributed by atoms with Gasteiger partial charge < -0.3 is 18.5 Å². The molecule has 0 aliphatic rings. The lowest BCUT2D eigenvalue weighted by atomic mass is 9.93. The Morgan fingerprint density at radius 2 is 1.70 bits per heavy atom. The predicted molar refractivity (Wildman–Crippen MR) is 105 cm³/mol. The van der Waals surface area contributed by atoms with Crippen molar-refractivity contribution in [2.45, 2.75) is 31.5 Å². The number of benzene rings is 1. The summed E-state index contributed by atoms with van der Waals surface area (Å²) in [6.07, 6.45) is -5.17. The summed E-state index contributed by atoms with van der Waals surface area (Å²) in [4.78, 5) is 13.0. The molecule has 6 nitrogen and oxygen atoms in total. The Hall–Kier alpha value is -1.71. The monoisotopic (exact) mass is 466 g/mol. The van der Waals surface area contributed by atoms with E-state index in [9.17, 15) is 22.5 Å². The zero-order valence-corrected chi connectivity index (χ0v) is 18.3. The second-order valence-corrected chi connectivity index (χ2v) is 8.78. The van der Waals surface area contributed by atoms with Crippen LogP contribution in [0.25, 0.3) is 0 Å². The third-order valence-electron chi connectivity index (χ3n) is 4.13. The van der Waals surface area contributed by atoms with Crippen molar-refractivity contribution in [3.8, 4) is 0 Å². The van der Waals surface area contributed by atoms with E-state index in [0.717, 1.165) is 19.2 Å². The van der Waals surface area contributed by atoms with Crippen LogP contribution in [0.1, 0.15) is 30.8 Å². The van der Waals surface area contributed by atoms with Gasteiger partial charge in [0.1, 0.15) is 0 Å². The molecule has 1 aromatic heterocycles. The van der Waals surface area contributed by atoms with Crippen LogP contribution < -0.4 is 0 Å². The first kappa shape index (κ1) is 24.6. The van der Waals surface area contributed by atoms with Gasteiger partial charge in [-0.3, -0.25) is 4.57 Å². The van der Waals surface area contributed by atoms with Gasteiger partial charge in [-0.2, -0.15) is 24.5 Å². The Bertz CT molecular complexity index is 849. The van der Waals surface area contributed by atoms with Crippen LogP contribution in [-0.2, 0) is 33.5 Å². The van der Waals surface area contributed by atoms with E-state index in [1.165, 1.54) is 54.8 Å². The molecule has 0 amide bonds. The van der Waals surface area contributed by atoms with Crippen molar-refractivity contribution in [2.75, 3.05) is 20.3 Å². The summed E-state index contributed by atoms with van der Waals surface area (Å²) in [6.45, 7) is 2.94. The van der Waals surface area contributed by atoms with Crippen molar-refractivity contribution in [1.82, 2.24) is 0 Å². The van der Waals surface area contributed by atoms with Crippen molar-refractivity contribution < 1.29 is 41.1 Å². The van der Waals surface area contributed by atoms with Crippen molar-refractivity contribution in [1.29, 1.82) is 0 Å². The number of hydrogen-bond donors (Lipinski definition) is 0. The molecule has 0 aliphatic heterocycles. The first-order valence-electron chi connectivity index (χ1n) is 8.95. The van der Waals surface area contributed by atoms with Crippen LogP contribution in [0.2, 0.25) is 0 Å². The van der Waals surface area contributed by atoms with E-state index in [0.29, 0.717) is 0 Å². The molecule has 0 aliphatic carbocycles. The Morgan fingerprint density at radius 3 is 2.13 bits per heavy atom. The van der Waals surface area contributed by atoms with Gasteiger partial charge in [-0.15, -0.1) is 0 Å². The fraction of sp³-hybridized carbons (Fsp3) is 0.421. The van der Waals surface area contributed by atoms with Crippen LogP contribution in [0.3, 0.4) is 0 Å². The van der Waals surface area contributed by atoms with Crippen molar-refractivity contribution in [3.63, 3.8) is 0 Å². The number of alkyl halides is 3. The largest absolute Gasteiger partial charge is 0.442 e. The summed E-state index contributed by atoms with van der Waals surface area (Å²) >= 11 is 1.19. The first-order chi connectivity index (χ1) is 14.2. The van der Waals surface area contributed by atoms with Gasteiger partial charge in [-0.25, -0.2) is 4.79 Å². The summed E-state index contributed by atoms with van der Waals surface area (Å²) in [7, 11) is -3.40. The maximum Gasteiger partial charge on any atom is 0.432 e. The van der Waals surface area contributed by atoms with Crippen molar-refractivity contribution in [3.05, 3.63) is 58.3 Å². The highest BCUT2D eigenvalue weighted by Crippen LogP contribution is 2.62. The van der Waals surface area contributed by atoms with Crippen LogP contribution in [0.5, 0.6) is 0 Å². The summed E-state index contributed by atoms with van der Waals surface area (Å²) < 4.78 is 76.1. The smallest absolute Gasteiger partial charge is 0.432 e. The maximum absolute atomic E-state index is 14.1. The van der Waals surface area contributed by atoms with Gasteiger partial charge in [-0.05, 0) is 30.7 Å². The third kappa shape index (κ3) is 4.78. The molecule has 2 rings (SSSR count). The second kappa shape index (κ2) is 10.1. The molecule has 166 valence electrons. The Balaban J connectivity index is 2.57. The molecule has 2 atom stereocenters. The van der Waals surface area contributed by atoms with Crippen molar-refractivity contribution >= 4 is 24.9 Å². The number of esters is 1. The van der Waals surface area contributed by atoms with Gasteiger partial charge >= 0.3 is 19.7 Å². The fourth-order valence-electron chi connectivity index (χ4n) is 2.83. The van der Waals surface area contributed by atoms with Gasteiger partial charge in [-0.1, -0.05) is 30.3 Å². The first-order valence-corrected chi connectivity index (χ1v) is 11.5. The SMILES string of the molecule is CCOP(=O)(OCC)[C@H](OC(=O)[C@](OC)(c1ccccc1)C(F)(F)F)c1ccsc1. The van der Waals surface area contributed by atoms with E-state index in [1.54, 1.807) is 5.38 Å². The molecule has 1 heterocycles. The molecular weight excluding hydrogens is 444 g/mol. The number of halogens is 3. The summed E-state index contributed by atoms with van der Waals surface area (Å²) in [5, 5.41) is 3.09. The standard InChI is InChI=1S/C19H22F3O6PS/c1-4-26-29(24,27-5-2)16(14-11-12-30-13-14)28-17(23)18(25-3,19(20,21)22)15-9-7-6-8-10-15/h6-13,16H,4-5H2,1-3H3/t16-,18+/m0/s1. The van der Waals surface area contributed by atoms with E-state index >= 15 is 0 Å². The average Bonchev–Trinajstić information content (AvgIpc) is 3.21. The van der Waals surface area contributed by atoms with Gasteiger partial charge in [0.15, 0.2) is 0 Å². The molecule has 30 heavy (non-hydrogen) atoms. The molecule has 0 saturated heterocycles. The highest BCUT2D eigenvalue weighted by atomic mass is 32.1. The number of hydrogen-bond acceptors (Lipinski definition) is 7. The van der Waals surface area contributed by atoms with Crippen LogP contribution in [0, 0.1) is 0 Å². The van der Waals surface area contributed by atoms with E-state index in [4.69, 9.17) is 18.5 Å². The third-order valence-corrected chi connectivity index (χ3v) is 7.04. The number of rotatable bonds is 10.